The molecule has 0 radical (unpaired) electrons. The fourth-order valence-electron chi connectivity index (χ4n) is 3.99. The highest BCUT2D eigenvalue weighted by Crippen LogP contribution is 2.17. The van der Waals surface area contributed by atoms with Gasteiger partial charge in [-0.2, -0.15) is 0 Å². The number of nitrogens with one attached hydrogen (secondary N) is 1. The molecule has 0 aromatic carbocycles. The van der Waals surface area contributed by atoms with Gasteiger partial charge in [0.25, 0.3) is 0 Å². The first-order valence-corrected chi connectivity index (χ1v) is 11.8. The summed E-state index contributed by atoms with van der Waals surface area (Å²) in [6.45, 7) is 3.55. The quantitative estimate of drug-likeness (QED) is 0.207. The van der Waals surface area contributed by atoms with E-state index in [9.17, 15) is 0 Å². The van der Waals surface area contributed by atoms with Crippen LogP contribution >= 0.6 is 0 Å². The summed E-state index contributed by atoms with van der Waals surface area (Å²) in [4.78, 5) is 0. The zero-order chi connectivity index (χ0) is 17.8. The average molecular weight is 350 g/mol. The lowest BCUT2D eigenvalue weighted by Crippen LogP contribution is -2.31. The van der Waals surface area contributed by atoms with Crippen molar-refractivity contribution in [2.45, 2.75) is 135 Å². The van der Waals surface area contributed by atoms with Crippen molar-refractivity contribution in [2.24, 2.45) is 0 Å². The minimum atomic E-state index is 0.844. The van der Waals surface area contributed by atoms with Gasteiger partial charge in [0.05, 0.1) is 0 Å². The van der Waals surface area contributed by atoms with Gasteiger partial charge in [-0.05, 0) is 51.5 Å². The Morgan fingerprint density at radius 2 is 1.16 bits per heavy atom. The molecule has 1 fully saturated rings. The van der Waals surface area contributed by atoms with Crippen molar-refractivity contribution in [3.8, 4) is 0 Å². The van der Waals surface area contributed by atoms with Gasteiger partial charge in [-0.1, -0.05) is 96.1 Å². The van der Waals surface area contributed by atoms with Crippen molar-refractivity contribution < 1.29 is 0 Å². The molecular formula is C24H47N. The van der Waals surface area contributed by atoms with E-state index in [4.69, 9.17) is 0 Å². The molecule has 1 aliphatic rings. The zero-order valence-corrected chi connectivity index (χ0v) is 17.4. The van der Waals surface area contributed by atoms with E-state index in [-0.39, 0.29) is 0 Å². The normalized spacial score (nSPS) is 16.0. The van der Waals surface area contributed by atoms with Crippen LogP contribution in [0.25, 0.3) is 0 Å². The Morgan fingerprint density at radius 3 is 1.76 bits per heavy atom. The number of unbranched alkanes of at least 4 members (excludes halogenated alkanes) is 12. The SMILES string of the molecule is CCCCCCCCC=CCCCCCCCCNC1CCCCC1. The van der Waals surface area contributed by atoms with Crippen molar-refractivity contribution in [3.63, 3.8) is 0 Å². The maximum absolute atomic E-state index is 3.76. The number of hydrogen-bond acceptors (Lipinski definition) is 1. The second-order valence-corrected chi connectivity index (χ2v) is 8.23. The zero-order valence-electron chi connectivity index (χ0n) is 17.4. The molecule has 1 rings (SSSR count). The van der Waals surface area contributed by atoms with Gasteiger partial charge in [0, 0.05) is 6.04 Å². The van der Waals surface area contributed by atoms with Gasteiger partial charge in [0.2, 0.25) is 0 Å². The molecule has 1 N–H and O–H groups in total. The van der Waals surface area contributed by atoms with Gasteiger partial charge in [-0.15, -0.1) is 0 Å². The van der Waals surface area contributed by atoms with Crippen LogP contribution in [0, 0.1) is 0 Å². The highest BCUT2D eigenvalue weighted by Gasteiger charge is 2.11. The third kappa shape index (κ3) is 15.7. The van der Waals surface area contributed by atoms with Crippen LogP contribution < -0.4 is 5.32 Å². The second kappa shape index (κ2) is 18.5. The Morgan fingerprint density at radius 1 is 0.640 bits per heavy atom. The molecule has 1 nitrogen and oxygen atoms in total. The molecule has 0 aromatic rings. The van der Waals surface area contributed by atoms with E-state index in [1.807, 2.05) is 0 Å². The van der Waals surface area contributed by atoms with Crippen molar-refractivity contribution in [1.82, 2.24) is 5.32 Å². The monoisotopic (exact) mass is 349 g/mol. The summed E-state index contributed by atoms with van der Waals surface area (Å²) in [5, 5.41) is 3.76. The van der Waals surface area contributed by atoms with Crippen LogP contribution in [0.2, 0.25) is 0 Å². The van der Waals surface area contributed by atoms with Gasteiger partial charge >= 0.3 is 0 Å². The van der Waals surface area contributed by atoms with Crippen LogP contribution in [0.15, 0.2) is 12.2 Å². The molecule has 0 aliphatic heterocycles. The van der Waals surface area contributed by atoms with Crippen LogP contribution in [-0.2, 0) is 0 Å². The Kier molecular flexibility index (Phi) is 16.8. The van der Waals surface area contributed by atoms with Crippen LogP contribution in [0.4, 0.5) is 0 Å². The van der Waals surface area contributed by atoms with Crippen LogP contribution in [-0.4, -0.2) is 12.6 Å². The molecule has 25 heavy (non-hydrogen) atoms. The highest BCUT2D eigenvalue weighted by molar-refractivity contribution is 4.81. The molecule has 0 saturated heterocycles. The van der Waals surface area contributed by atoms with E-state index < -0.39 is 0 Å². The van der Waals surface area contributed by atoms with Gasteiger partial charge in [-0.3, -0.25) is 0 Å². The van der Waals surface area contributed by atoms with Gasteiger partial charge in [0.15, 0.2) is 0 Å². The molecule has 1 saturated carbocycles. The summed E-state index contributed by atoms with van der Waals surface area (Å²) < 4.78 is 0. The fourth-order valence-corrected chi connectivity index (χ4v) is 3.99. The molecule has 0 aromatic heterocycles. The molecule has 0 amide bonds. The minimum absolute atomic E-state index is 0.844. The van der Waals surface area contributed by atoms with E-state index in [1.165, 1.54) is 129 Å². The van der Waals surface area contributed by atoms with Gasteiger partial charge in [-0.25, -0.2) is 0 Å². The molecule has 0 atom stereocenters. The number of allylic oxidation sites excluding steroid dienone is 2. The lowest BCUT2D eigenvalue weighted by atomic mass is 9.95. The van der Waals surface area contributed by atoms with Crippen molar-refractivity contribution >= 4 is 0 Å². The van der Waals surface area contributed by atoms with Crippen LogP contribution in [0.3, 0.4) is 0 Å². The molecule has 0 unspecified atom stereocenters. The predicted molar refractivity (Wildman–Crippen MR) is 114 cm³/mol. The van der Waals surface area contributed by atoms with Crippen molar-refractivity contribution in [3.05, 3.63) is 12.2 Å². The second-order valence-electron chi connectivity index (χ2n) is 8.23. The molecule has 0 bridgehead atoms. The van der Waals surface area contributed by atoms with E-state index in [2.05, 4.69) is 24.4 Å². The Hall–Kier alpha value is -0.300. The van der Waals surface area contributed by atoms with Crippen molar-refractivity contribution in [2.75, 3.05) is 6.54 Å². The summed E-state index contributed by atoms with van der Waals surface area (Å²) in [6.07, 6.45) is 31.7. The van der Waals surface area contributed by atoms with Gasteiger partial charge < -0.3 is 5.32 Å². The van der Waals surface area contributed by atoms with E-state index in [0.29, 0.717) is 0 Å². The topological polar surface area (TPSA) is 12.0 Å². The molecule has 0 spiro atoms. The number of rotatable bonds is 17. The first-order chi connectivity index (χ1) is 12.4. The molecular weight excluding hydrogens is 302 g/mol. The summed E-state index contributed by atoms with van der Waals surface area (Å²) >= 11 is 0. The largest absolute Gasteiger partial charge is 0.314 e. The first kappa shape index (κ1) is 22.7. The summed E-state index contributed by atoms with van der Waals surface area (Å²) in [6, 6.07) is 0.844. The molecule has 1 aliphatic carbocycles. The fraction of sp³-hybridized carbons (Fsp3) is 0.917. The molecule has 0 heterocycles. The third-order valence-electron chi connectivity index (χ3n) is 5.73. The summed E-state index contributed by atoms with van der Waals surface area (Å²) in [7, 11) is 0. The smallest absolute Gasteiger partial charge is 0.00670 e. The molecule has 148 valence electrons. The Bertz CT molecular complexity index is 278. The average Bonchev–Trinajstić information content (AvgIpc) is 2.65. The van der Waals surface area contributed by atoms with E-state index in [0.717, 1.165) is 6.04 Å². The maximum atomic E-state index is 3.76. The lowest BCUT2D eigenvalue weighted by molar-refractivity contribution is 0.370. The lowest BCUT2D eigenvalue weighted by Gasteiger charge is -2.22. The number of hydrogen-bond donors (Lipinski definition) is 1. The Balaban J connectivity index is 1.70. The highest BCUT2D eigenvalue weighted by atomic mass is 14.9. The summed E-state index contributed by atoms with van der Waals surface area (Å²) in [5.41, 5.74) is 0. The minimum Gasteiger partial charge on any atom is -0.314 e. The molecule has 1 heteroatoms. The summed E-state index contributed by atoms with van der Waals surface area (Å²) in [5.74, 6) is 0. The van der Waals surface area contributed by atoms with Gasteiger partial charge in [0.1, 0.15) is 0 Å². The van der Waals surface area contributed by atoms with Crippen molar-refractivity contribution in [1.29, 1.82) is 0 Å². The van der Waals surface area contributed by atoms with Crippen LogP contribution in [0.1, 0.15) is 129 Å². The standard InChI is InChI=1S/C24H47N/c1-2-3-4-5-6-7-8-9-10-11-12-13-14-15-16-20-23-25-24-21-18-17-19-22-24/h9-10,24-25H,2-8,11-23H2,1H3. The van der Waals surface area contributed by atoms with Crippen LogP contribution in [0.5, 0.6) is 0 Å². The predicted octanol–water partition coefficient (Wildman–Crippen LogP) is 7.95. The maximum Gasteiger partial charge on any atom is 0.00670 e. The van der Waals surface area contributed by atoms with E-state index in [1.54, 1.807) is 0 Å². The third-order valence-corrected chi connectivity index (χ3v) is 5.73. The van der Waals surface area contributed by atoms with E-state index >= 15 is 0 Å². The Labute approximate surface area is 159 Å². The first-order valence-electron chi connectivity index (χ1n) is 11.8.